The molecular formula is C16H12BrCl2N3O2. The summed E-state index contributed by atoms with van der Waals surface area (Å²) in [5, 5.41) is 7.03. The van der Waals surface area contributed by atoms with Crippen molar-refractivity contribution in [1.29, 1.82) is 0 Å². The monoisotopic (exact) mass is 427 g/mol. The summed E-state index contributed by atoms with van der Waals surface area (Å²) in [5.41, 5.74) is 3.32. The van der Waals surface area contributed by atoms with Crippen molar-refractivity contribution in [2.75, 3.05) is 6.54 Å². The molecule has 0 unspecified atom stereocenters. The third-order valence-corrected chi connectivity index (χ3v) is 4.20. The van der Waals surface area contributed by atoms with Gasteiger partial charge in [0.25, 0.3) is 11.8 Å². The summed E-state index contributed by atoms with van der Waals surface area (Å²) < 4.78 is 0.780. The van der Waals surface area contributed by atoms with Gasteiger partial charge < -0.3 is 5.32 Å². The van der Waals surface area contributed by atoms with Crippen LogP contribution in [0.3, 0.4) is 0 Å². The number of nitrogens with one attached hydrogen (secondary N) is 2. The quantitative estimate of drug-likeness (QED) is 0.563. The molecule has 0 atom stereocenters. The van der Waals surface area contributed by atoms with E-state index in [0.29, 0.717) is 21.2 Å². The van der Waals surface area contributed by atoms with E-state index in [2.05, 4.69) is 31.8 Å². The molecule has 0 heterocycles. The van der Waals surface area contributed by atoms with E-state index in [-0.39, 0.29) is 12.5 Å². The van der Waals surface area contributed by atoms with Gasteiger partial charge in [-0.05, 0) is 24.3 Å². The molecule has 2 aromatic carbocycles. The first-order valence-electron chi connectivity index (χ1n) is 6.77. The van der Waals surface area contributed by atoms with Crippen molar-refractivity contribution in [2.24, 2.45) is 5.10 Å². The van der Waals surface area contributed by atoms with Gasteiger partial charge in [-0.3, -0.25) is 9.59 Å². The number of rotatable bonds is 5. The molecule has 0 radical (unpaired) electrons. The predicted octanol–water partition coefficient (Wildman–Crippen LogP) is 3.64. The first-order valence-corrected chi connectivity index (χ1v) is 8.32. The molecule has 2 rings (SSSR count). The molecule has 24 heavy (non-hydrogen) atoms. The van der Waals surface area contributed by atoms with Crippen molar-refractivity contribution < 1.29 is 9.59 Å². The van der Waals surface area contributed by atoms with Gasteiger partial charge in [0.05, 0.1) is 22.8 Å². The SMILES string of the molecule is O=C(CNC(=O)c1cccc(Br)c1)N/N=C\c1cccc(Cl)c1Cl. The highest BCUT2D eigenvalue weighted by Gasteiger charge is 2.08. The van der Waals surface area contributed by atoms with Gasteiger partial charge in [-0.1, -0.05) is 57.3 Å². The van der Waals surface area contributed by atoms with Crippen molar-refractivity contribution >= 4 is 57.2 Å². The van der Waals surface area contributed by atoms with Crippen LogP contribution in [0.4, 0.5) is 0 Å². The number of nitrogens with zero attached hydrogens (tertiary/aromatic N) is 1. The summed E-state index contributed by atoms with van der Waals surface area (Å²) >= 11 is 15.2. The molecule has 0 aliphatic carbocycles. The van der Waals surface area contributed by atoms with E-state index in [0.717, 1.165) is 4.47 Å². The third kappa shape index (κ3) is 5.33. The number of hydrogen-bond donors (Lipinski definition) is 2. The van der Waals surface area contributed by atoms with E-state index in [1.165, 1.54) is 6.21 Å². The summed E-state index contributed by atoms with van der Waals surface area (Å²) in [6.07, 6.45) is 1.38. The van der Waals surface area contributed by atoms with Gasteiger partial charge in [-0.15, -0.1) is 0 Å². The predicted molar refractivity (Wildman–Crippen MR) is 98.7 cm³/mol. The second-order valence-corrected chi connectivity index (χ2v) is 6.33. The fourth-order valence-electron chi connectivity index (χ4n) is 1.73. The Morgan fingerprint density at radius 3 is 2.67 bits per heavy atom. The van der Waals surface area contributed by atoms with Crippen molar-refractivity contribution in [3.8, 4) is 0 Å². The highest BCUT2D eigenvalue weighted by Crippen LogP contribution is 2.24. The number of carbonyl (C=O) groups excluding carboxylic acids is 2. The van der Waals surface area contributed by atoms with Crippen LogP contribution in [0.15, 0.2) is 52.0 Å². The second kappa shape index (κ2) is 8.82. The maximum Gasteiger partial charge on any atom is 0.259 e. The van der Waals surface area contributed by atoms with Gasteiger partial charge in [0.2, 0.25) is 0 Å². The number of hydrazone groups is 1. The van der Waals surface area contributed by atoms with Crippen LogP contribution in [-0.2, 0) is 4.79 Å². The molecule has 2 aromatic rings. The van der Waals surface area contributed by atoms with E-state index in [1.54, 1.807) is 42.5 Å². The molecule has 8 heteroatoms. The zero-order valence-electron chi connectivity index (χ0n) is 12.2. The van der Waals surface area contributed by atoms with Gasteiger partial charge in [-0.2, -0.15) is 5.10 Å². The van der Waals surface area contributed by atoms with Gasteiger partial charge >= 0.3 is 0 Å². The fraction of sp³-hybridized carbons (Fsp3) is 0.0625. The zero-order chi connectivity index (χ0) is 17.5. The molecule has 0 saturated carbocycles. The molecule has 0 aliphatic heterocycles. The van der Waals surface area contributed by atoms with Crippen molar-refractivity contribution in [3.63, 3.8) is 0 Å². The number of benzene rings is 2. The van der Waals surface area contributed by atoms with Crippen LogP contribution < -0.4 is 10.7 Å². The van der Waals surface area contributed by atoms with Crippen LogP contribution in [0.1, 0.15) is 15.9 Å². The maximum absolute atomic E-state index is 11.9. The Kier molecular flexibility index (Phi) is 6.78. The number of halogens is 3. The lowest BCUT2D eigenvalue weighted by molar-refractivity contribution is -0.120. The standard InChI is InChI=1S/C16H12BrCl2N3O2/c17-12-5-1-3-10(7-12)16(24)20-9-14(23)22-21-8-11-4-2-6-13(18)15(11)19/h1-8H,9H2,(H,20,24)(H,22,23)/b21-8-. The molecule has 5 nitrogen and oxygen atoms in total. The molecular weight excluding hydrogens is 417 g/mol. The third-order valence-electron chi connectivity index (χ3n) is 2.87. The minimum absolute atomic E-state index is 0.202. The Balaban J connectivity index is 1.84. The highest BCUT2D eigenvalue weighted by atomic mass is 79.9. The maximum atomic E-state index is 11.9. The average molecular weight is 429 g/mol. The van der Waals surface area contributed by atoms with Crippen molar-refractivity contribution in [1.82, 2.24) is 10.7 Å². The van der Waals surface area contributed by atoms with Crippen LogP contribution >= 0.6 is 39.1 Å². The van der Waals surface area contributed by atoms with Crippen LogP contribution in [0.25, 0.3) is 0 Å². The van der Waals surface area contributed by atoms with Crippen LogP contribution in [0, 0.1) is 0 Å². The molecule has 0 aromatic heterocycles. The molecule has 0 spiro atoms. The van der Waals surface area contributed by atoms with Crippen molar-refractivity contribution in [3.05, 3.63) is 68.1 Å². The van der Waals surface area contributed by atoms with E-state index in [4.69, 9.17) is 23.2 Å². The first-order chi connectivity index (χ1) is 11.5. The summed E-state index contributed by atoms with van der Waals surface area (Å²) in [4.78, 5) is 23.6. The Hall–Kier alpha value is -1.89. The summed E-state index contributed by atoms with van der Waals surface area (Å²) in [5.74, 6) is -0.818. The molecule has 2 N–H and O–H groups in total. The lowest BCUT2D eigenvalue weighted by atomic mass is 10.2. The molecule has 0 fully saturated rings. The Labute approximate surface area is 157 Å². The van der Waals surface area contributed by atoms with Crippen LogP contribution in [0.2, 0.25) is 10.0 Å². The van der Waals surface area contributed by atoms with Crippen LogP contribution in [-0.4, -0.2) is 24.6 Å². The first kappa shape index (κ1) is 18.4. The van der Waals surface area contributed by atoms with Gasteiger partial charge in [0.1, 0.15) is 0 Å². The molecule has 124 valence electrons. The Bertz CT molecular complexity index is 797. The van der Waals surface area contributed by atoms with E-state index >= 15 is 0 Å². The minimum Gasteiger partial charge on any atom is -0.343 e. The van der Waals surface area contributed by atoms with Gasteiger partial charge in [0, 0.05) is 15.6 Å². The Morgan fingerprint density at radius 2 is 1.92 bits per heavy atom. The van der Waals surface area contributed by atoms with E-state index in [1.807, 2.05) is 0 Å². The molecule has 2 amide bonds. The molecule has 0 bridgehead atoms. The van der Waals surface area contributed by atoms with Crippen molar-refractivity contribution in [2.45, 2.75) is 0 Å². The number of amides is 2. The zero-order valence-corrected chi connectivity index (χ0v) is 15.3. The highest BCUT2D eigenvalue weighted by molar-refractivity contribution is 9.10. The largest absolute Gasteiger partial charge is 0.343 e. The van der Waals surface area contributed by atoms with E-state index in [9.17, 15) is 9.59 Å². The van der Waals surface area contributed by atoms with E-state index < -0.39 is 5.91 Å². The fourth-order valence-corrected chi connectivity index (χ4v) is 2.48. The lowest BCUT2D eigenvalue weighted by Gasteiger charge is -2.05. The Morgan fingerprint density at radius 1 is 1.17 bits per heavy atom. The van der Waals surface area contributed by atoms with Gasteiger partial charge in [0.15, 0.2) is 0 Å². The van der Waals surface area contributed by atoms with Gasteiger partial charge in [-0.25, -0.2) is 5.43 Å². The summed E-state index contributed by atoms with van der Waals surface area (Å²) in [6, 6.07) is 11.9. The molecule has 0 saturated heterocycles. The second-order valence-electron chi connectivity index (χ2n) is 4.63. The summed E-state index contributed by atoms with van der Waals surface area (Å²) in [7, 11) is 0. The number of hydrogen-bond acceptors (Lipinski definition) is 3. The van der Waals surface area contributed by atoms with Crippen LogP contribution in [0.5, 0.6) is 0 Å². The minimum atomic E-state index is -0.465. The lowest BCUT2D eigenvalue weighted by Crippen LogP contribution is -2.34. The number of carbonyl (C=O) groups is 2. The normalized spacial score (nSPS) is 10.6. The molecule has 0 aliphatic rings. The average Bonchev–Trinajstić information content (AvgIpc) is 2.56. The topological polar surface area (TPSA) is 70.6 Å². The smallest absolute Gasteiger partial charge is 0.259 e. The summed E-state index contributed by atoms with van der Waals surface area (Å²) in [6.45, 7) is -0.202.